The van der Waals surface area contributed by atoms with E-state index in [1.54, 1.807) is 19.6 Å². The van der Waals surface area contributed by atoms with Crippen LogP contribution in [0.25, 0.3) is 10.8 Å². The second-order valence-corrected chi connectivity index (χ2v) is 30.5. The lowest BCUT2D eigenvalue weighted by Crippen LogP contribution is -2.52. The molecule has 1 aliphatic heterocycles. The Balaban J connectivity index is 1.23. The normalized spacial score (nSPS) is 16.8. The van der Waals surface area contributed by atoms with Gasteiger partial charge in [-0.1, -0.05) is 54.6 Å². The second kappa shape index (κ2) is 51.8. The molecular weight excluding hydrogens is 1680 g/mol. The standard InChI is InChI=1S/C77H107IN14O27/c78-52-22-17-46(18-23-52)8-7-13-60(93)83-57(74(113)114)38-62(95)85-59(76(117)118)40-63(96)84-58(75(115)116)39-61(94)82-53(11-3-5-26-79-64(97)42-89-28-30-90(43-66(100)101)32-34-92(45-68(104)105)35-33-91(31-29-89)44-67(102)103)70(107)81-41-47-14-20-50(21-15-47)69(106)86-56(37-48-16-19-49-9-1-2-10-51(49)36-48)71(108)80-27-6-4-12-54(72(109)110)87-77(119)88-55(73(111)112)24-25-65(98)99/h1-2,9-10,16-19,22-23,36,47,50,53-59H,3-8,11-15,20-21,24-35,37-45H2,(H,79,97)(H,80,108)(H,81,107)(H,82,94)(H,83,93)(H,84,96)(H,85,95)(H,86,106)(H,98,99)(H,100,101)(H,102,103)(H,104,105)(H,109,110)(H,111,112)(H,113,114)(H,115,116)(H,117,118)(H2,87,88,119). The number of unbranched alkanes of at least 4 members (excludes halogenated alkanes) is 2. The van der Waals surface area contributed by atoms with Crippen molar-refractivity contribution in [2.45, 2.75) is 164 Å². The number of carbonyl (C=O) groups is 18. The van der Waals surface area contributed by atoms with E-state index in [1.807, 2.05) is 77.4 Å². The van der Waals surface area contributed by atoms with Gasteiger partial charge in [0.05, 0.1) is 45.4 Å². The van der Waals surface area contributed by atoms with Crippen molar-refractivity contribution in [1.29, 1.82) is 0 Å². The van der Waals surface area contributed by atoms with Gasteiger partial charge in [-0.05, 0) is 146 Å². The number of carboxylic acids is 9. The zero-order valence-corrected chi connectivity index (χ0v) is 67.8. The van der Waals surface area contributed by atoms with Crippen molar-refractivity contribution in [1.82, 2.24) is 72.8 Å². The van der Waals surface area contributed by atoms with Crippen molar-refractivity contribution >= 4 is 140 Å². The molecule has 0 spiro atoms. The van der Waals surface area contributed by atoms with E-state index in [-0.39, 0.29) is 142 Å². The number of fused-ring (bicyclic) bond motifs is 1. The summed E-state index contributed by atoms with van der Waals surface area (Å²) in [4.78, 5) is 235. The molecule has 1 heterocycles. The monoisotopic (exact) mass is 1790 g/mol. The van der Waals surface area contributed by atoms with Crippen LogP contribution in [-0.2, 0) is 94.3 Å². The number of benzene rings is 3. The van der Waals surface area contributed by atoms with Gasteiger partial charge in [0.15, 0.2) is 0 Å². The number of nitrogens with zero attached hydrogens (tertiary/aromatic N) is 4. The molecule has 654 valence electrons. The van der Waals surface area contributed by atoms with Crippen LogP contribution in [0.1, 0.15) is 120 Å². The van der Waals surface area contributed by atoms with Crippen LogP contribution < -0.4 is 53.2 Å². The van der Waals surface area contributed by atoms with Crippen LogP contribution in [-0.4, -0.2) is 313 Å². The van der Waals surface area contributed by atoms with Gasteiger partial charge in [0.25, 0.3) is 0 Å². The van der Waals surface area contributed by atoms with E-state index in [4.69, 9.17) is 5.11 Å². The van der Waals surface area contributed by atoms with Gasteiger partial charge in [-0.25, -0.2) is 28.8 Å². The second-order valence-electron chi connectivity index (χ2n) is 29.2. The van der Waals surface area contributed by atoms with Gasteiger partial charge in [0.1, 0.15) is 42.3 Å². The number of rotatable bonds is 50. The van der Waals surface area contributed by atoms with Crippen molar-refractivity contribution < 1.29 is 132 Å². The minimum atomic E-state index is -2.08. The number of nitrogens with one attached hydrogen (secondary N) is 10. The maximum absolute atomic E-state index is 14.3. The molecule has 2 fully saturated rings. The Morgan fingerprint density at radius 1 is 0.370 bits per heavy atom. The number of carboxylic acid groups (broad SMARTS) is 9. The molecule has 5 rings (SSSR count). The Kier molecular flexibility index (Phi) is 42.8. The van der Waals surface area contributed by atoms with Gasteiger partial charge < -0.3 is 99.1 Å². The molecule has 0 aromatic heterocycles. The Morgan fingerprint density at radius 3 is 1.26 bits per heavy atom. The molecule has 2 aliphatic rings. The molecule has 42 heteroatoms. The van der Waals surface area contributed by atoms with E-state index in [9.17, 15) is 127 Å². The highest BCUT2D eigenvalue weighted by Gasteiger charge is 2.35. The van der Waals surface area contributed by atoms with Crippen LogP contribution in [0.3, 0.4) is 0 Å². The first-order valence-corrected chi connectivity index (χ1v) is 40.1. The van der Waals surface area contributed by atoms with Crippen molar-refractivity contribution in [3.63, 3.8) is 0 Å². The molecule has 119 heavy (non-hydrogen) atoms. The van der Waals surface area contributed by atoms with Gasteiger partial charge in [0, 0.05) is 101 Å². The summed E-state index contributed by atoms with van der Waals surface area (Å²) in [6.07, 6.45) is -1.75. The number of aliphatic carboxylic acids is 9. The van der Waals surface area contributed by atoms with Gasteiger partial charge in [-0.3, -0.25) is 77.1 Å². The van der Waals surface area contributed by atoms with E-state index in [1.165, 1.54) is 0 Å². The molecule has 7 unspecified atom stereocenters. The lowest BCUT2D eigenvalue weighted by molar-refractivity contribution is -0.146. The summed E-state index contributed by atoms with van der Waals surface area (Å²) in [5, 5.41) is 113. The fourth-order valence-corrected chi connectivity index (χ4v) is 13.7. The van der Waals surface area contributed by atoms with Crippen molar-refractivity contribution in [2.75, 3.05) is 98.2 Å². The molecule has 1 aliphatic carbocycles. The van der Waals surface area contributed by atoms with E-state index in [0.717, 1.165) is 19.9 Å². The van der Waals surface area contributed by atoms with Gasteiger partial charge in [-0.2, -0.15) is 0 Å². The average Bonchev–Trinajstić information content (AvgIpc) is 0.830. The number of hydrogen-bond acceptors (Lipinski definition) is 22. The first-order chi connectivity index (χ1) is 56.5. The molecule has 1 saturated heterocycles. The molecule has 10 amide bonds. The van der Waals surface area contributed by atoms with Crippen molar-refractivity contribution in [3.8, 4) is 0 Å². The number of carbonyl (C=O) groups excluding carboxylic acids is 9. The molecule has 3 aromatic carbocycles. The Hall–Kier alpha value is -11.3. The Labute approximate surface area is 697 Å². The summed E-state index contributed by atoms with van der Waals surface area (Å²) in [5.74, 6) is -20.3. The zero-order chi connectivity index (χ0) is 87.7. The number of hydrogen-bond donors (Lipinski definition) is 19. The minimum Gasteiger partial charge on any atom is -0.481 e. The van der Waals surface area contributed by atoms with E-state index in [0.29, 0.717) is 44.1 Å². The van der Waals surface area contributed by atoms with Crippen LogP contribution in [0, 0.1) is 15.4 Å². The fraction of sp³-hybridized carbons (Fsp3) is 0.558. The summed E-state index contributed by atoms with van der Waals surface area (Å²) in [7, 11) is 0. The summed E-state index contributed by atoms with van der Waals surface area (Å²) in [6, 6.07) is 7.78. The van der Waals surface area contributed by atoms with Gasteiger partial charge in [-0.15, -0.1) is 0 Å². The Morgan fingerprint density at radius 2 is 0.790 bits per heavy atom. The topological polar surface area (TPSA) is 623 Å². The van der Waals surface area contributed by atoms with Crippen LogP contribution in [0.2, 0.25) is 0 Å². The highest BCUT2D eigenvalue weighted by molar-refractivity contribution is 14.1. The highest BCUT2D eigenvalue weighted by atomic mass is 127. The SMILES string of the molecule is O=C(O)CCC(NC(=O)NC(CCCCNC(=O)C(Cc1ccc2ccccc2c1)NC(=O)C1CCC(CNC(=O)C(CCCCNC(=O)CN2CCN(CC(=O)O)CCN(CC(=O)O)CCN(CC(=O)O)CC2)NC(=O)CC(NC(=O)CC(NC(=O)CC(NC(=O)CCCc2ccc(I)cc2)C(=O)O)C(=O)O)C(=O)O)CC1)C(=O)O)C(=O)O. The number of urea groups is 1. The molecule has 1 saturated carbocycles. The predicted molar refractivity (Wildman–Crippen MR) is 428 cm³/mol. The number of amides is 10. The summed E-state index contributed by atoms with van der Waals surface area (Å²) in [5.41, 5.74) is 1.63. The number of halogens is 1. The van der Waals surface area contributed by atoms with Crippen LogP contribution in [0.5, 0.6) is 0 Å². The van der Waals surface area contributed by atoms with Crippen molar-refractivity contribution in [3.05, 3.63) is 81.4 Å². The first kappa shape index (κ1) is 98.3. The smallest absolute Gasteiger partial charge is 0.326 e. The molecule has 0 radical (unpaired) electrons. The van der Waals surface area contributed by atoms with Crippen LogP contribution in [0.15, 0.2) is 66.7 Å². The molecule has 0 bridgehead atoms. The quantitative estimate of drug-likeness (QED) is 0.0236. The van der Waals surface area contributed by atoms with Crippen LogP contribution >= 0.6 is 22.6 Å². The summed E-state index contributed by atoms with van der Waals surface area (Å²) < 4.78 is 0.993. The molecule has 7 atom stereocenters. The lowest BCUT2D eigenvalue weighted by Gasteiger charge is -2.32. The van der Waals surface area contributed by atoms with E-state index in [2.05, 4.69) is 65.1 Å². The molecule has 41 nitrogen and oxygen atoms in total. The van der Waals surface area contributed by atoms with Gasteiger partial charge >= 0.3 is 59.8 Å². The first-order valence-electron chi connectivity index (χ1n) is 39.0. The predicted octanol–water partition coefficient (Wildman–Crippen LogP) is -1.10. The highest BCUT2D eigenvalue weighted by Crippen LogP contribution is 2.29. The minimum absolute atomic E-state index is 0.00406. The maximum Gasteiger partial charge on any atom is 0.326 e. The average molecular weight is 1790 g/mol. The third kappa shape index (κ3) is 39.3. The zero-order valence-electron chi connectivity index (χ0n) is 65.6. The summed E-state index contributed by atoms with van der Waals surface area (Å²) >= 11 is 2.13. The Bertz CT molecular complexity index is 3990. The van der Waals surface area contributed by atoms with E-state index >= 15 is 0 Å². The number of aryl methyl sites for hydroxylation is 1. The fourth-order valence-electron chi connectivity index (χ4n) is 13.3. The maximum atomic E-state index is 14.3. The summed E-state index contributed by atoms with van der Waals surface area (Å²) in [6.45, 7) is -0.196. The van der Waals surface area contributed by atoms with Gasteiger partial charge in [0.2, 0.25) is 47.3 Å². The molecule has 3 aromatic rings. The third-order valence-electron chi connectivity index (χ3n) is 19.9. The van der Waals surface area contributed by atoms with Crippen LogP contribution in [0.4, 0.5) is 4.79 Å². The molecular formula is C77H107IN14O27. The van der Waals surface area contributed by atoms with Crippen molar-refractivity contribution in [2.24, 2.45) is 11.8 Å². The lowest BCUT2D eigenvalue weighted by atomic mass is 9.81. The largest absolute Gasteiger partial charge is 0.481 e. The van der Waals surface area contributed by atoms with E-state index < -0.39 is 200 Å². The molecule has 19 N–H and O–H groups in total. The third-order valence-corrected chi connectivity index (χ3v) is 20.6.